The van der Waals surface area contributed by atoms with Crippen LogP contribution >= 0.6 is 0 Å². The van der Waals surface area contributed by atoms with Crippen molar-refractivity contribution in [2.75, 3.05) is 7.11 Å². The number of ether oxygens (including phenoxy) is 2. The summed E-state index contributed by atoms with van der Waals surface area (Å²) >= 11 is 0. The van der Waals surface area contributed by atoms with E-state index in [1.807, 2.05) is 30.3 Å². The number of amides is 1. The van der Waals surface area contributed by atoms with Gasteiger partial charge in [-0.25, -0.2) is 14.6 Å². The maximum atomic E-state index is 11.8. The summed E-state index contributed by atoms with van der Waals surface area (Å²) in [5.41, 5.74) is 1.57. The average Bonchev–Trinajstić information content (AvgIpc) is 3.05. The van der Waals surface area contributed by atoms with E-state index in [4.69, 9.17) is 4.74 Å². The Kier molecular flexibility index (Phi) is 5.53. The van der Waals surface area contributed by atoms with Gasteiger partial charge in [-0.1, -0.05) is 30.3 Å². The van der Waals surface area contributed by atoms with Gasteiger partial charge in [0.2, 0.25) is 0 Å². The second kappa shape index (κ2) is 7.82. The highest BCUT2D eigenvalue weighted by atomic mass is 16.6. The zero-order chi connectivity index (χ0) is 15.8. The number of esters is 1. The van der Waals surface area contributed by atoms with Crippen LogP contribution in [-0.2, 0) is 27.3 Å². The number of hydrogen-bond donors (Lipinski definition) is 2. The maximum Gasteiger partial charge on any atom is 0.408 e. The molecule has 0 aliphatic carbocycles. The van der Waals surface area contributed by atoms with Crippen molar-refractivity contribution in [1.29, 1.82) is 0 Å². The number of benzene rings is 1. The molecule has 1 unspecified atom stereocenters. The number of H-pyrrole nitrogens is 1. The number of nitrogens with zero attached hydrogens (tertiary/aromatic N) is 1. The number of carbonyl (C=O) groups excluding carboxylic acids is 2. The second-order valence-corrected chi connectivity index (χ2v) is 4.56. The Bertz CT molecular complexity index is 599. The average molecular weight is 303 g/mol. The molecule has 2 rings (SSSR count). The lowest BCUT2D eigenvalue weighted by molar-refractivity contribution is -0.143. The molecule has 1 atom stereocenters. The fourth-order valence-electron chi connectivity index (χ4n) is 1.86. The summed E-state index contributed by atoms with van der Waals surface area (Å²) in [6.45, 7) is 0.130. The number of carbonyl (C=O) groups is 2. The number of rotatable bonds is 6. The van der Waals surface area contributed by atoms with Crippen LogP contribution in [0, 0.1) is 0 Å². The highest BCUT2D eigenvalue weighted by molar-refractivity contribution is 5.81. The summed E-state index contributed by atoms with van der Waals surface area (Å²) < 4.78 is 9.77. The van der Waals surface area contributed by atoms with E-state index in [-0.39, 0.29) is 13.0 Å². The Morgan fingerprint density at radius 1 is 1.32 bits per heavy atom. The lowest BCUT2D eigenvalue weighted by Gasteiger charge is -2.15. The van der Waals surface area contributed by atoms with Gasteiger partial charge in [-0.15, -0.1) is 0 Å². The highest BCUT2D eigenvalue weighted by Gasteiger charge is 2.23. The topological polar surface area (TPSA) is 93.3 Å². The Hall–Kier alpha value is -2.83. The summed E-state index contributed by atoms with van der Waals surface area (Å²) in [6, 6.07) is 8.43. The number of alkyl carbamates (subject to hydrolysis) is 1. The molecule has 0 saturated carbocycles. The van der Waals surface area contributed by atoms with Crippen molar-refractivity contribution >= 4 is 12.1 Å². The molecule has 1 aromatic carbocycles. The van der Waals surface area contributed by atoms with Crippen molar-refractivity contribution in [3.63, 3.8) is 0 Å². The van der Waals surface area contributed by atoms with Crippen LogP contribution in [0.15, 0.2) is 42.9 Å². The fraction of sp³-hybridized carbons (Fsp3) is 0.267. The lowest BCUT2D eigenvalue weighted by Crippen LogP contribution is -2.43. The van der Waals surface area contributed by atoms with Crippen molar-refractivity contribution in [3.05, 3.63) is 54.1 Å². The smallest absolute Gasteiger partial charge is 0.408 e. The first-order valence-corrected chi connectivity index (χ1v) is 6.71. The van der Waals surface area contributed by atoms with Crippen LogP contribution in [0.25, 0.3) is 0 Å². The van der Waals surface area contributed by atoms with Crippen LogP contribution in [0.2, 0.25) is 0 Å². The Labute approximate surface area is 127 Å². The zero-order valence-corrected chi connectivity index (χ0v) is 12.1. The number of nitrogens with one attached hydrogen (secondary N) is 2. The fourth-order valence-corrected chi connectivity index (χ4v) is 1.86. The van der Waals surface area contributed by atoms with Crippen LogP contribution in [0.3, 0.4) is 0 Å². The van der Waals surface area contributed by atoms with E-state index in [0.717, 1.165) is 5.56 Å². The van der Waals surface area contributed by atoms with Crippen LogP contribution in [0.4, 0.5) is 4.79 Å². The molecule has 0 fully saturated rings. The van der Waals surface area contributed by atoms with Gasteiger partial charge >= 0.3 is 12.1 Å². The van der Waals surface area contributed by atoms with Crippen molar-refractivity contribution in [3.8, 4) is 0 Å². The Balaban J connectivity index is 1.88. The van der Waals surface area contributed by atoms with E-state index >= 15 is 0 Å². The molecule has 0 aliphatic rings. The molecule has 0 spiro atoms. The number of methoxy groups -OCH3 is 1. The van der Waals surface area contributed by atoms with Gasteiger partial charge in [-0.3, -0.25) is 0 Å². The maximum absolute atomic E-state index is 11.8. The van der Waals surface area contributed by atoms with Crippen molar-refractivity contribution in [2.45, 2.75) is 19.1 Å². The Morgan fingerprint density at radius 3 is 2.73 bits per heavy atom. The summed E-state index contributed by atoms with van der Waals surface area (Å²) in [5, 5.41) is 2.49. The molecule has 2 aromatic rings. The van der Waals surface area contributed by atoms with Gasteiger partial charge in [0.15, 0.2) is 0 Å². The molecule has 116 valence electrons. The zero-order valence-electron chi connectivity index (χ0n) is 12.1. The highest BCUT2D eigenvalue weighted by Crippen LogP contribution is 2.03. The molecular formula is C15H17N3O4. The van der Waals surface area contributed by atoms with Gasteiger partial charge in [-0.2, -0.15) is 0 Å². The van der Waals surface area contributed by atoms with Gasteiger partial charge in [0.05, 0.1) is 13.4 Å². The molecule has 22 heavy (non-hydrogen) atoms. The minimum Gasteiger partial charge on any atom is -0.467 e. The largest absolute Gasteiger partial charge is 0.467 e. The monoisotopic (exact) mass is 303 g/mol. The first kappa shape index (κ1) is 15.6. The predicted octanol–water partition coefficient (Wildman–Crippen LogP) is 1.42. The van der Waals surface area contributed by atoms with Crippen molar-refractivity contribution in [2.24, 2.45) is 0 Å². The second-order valence-electron chi connectivity index (χ2n) is 4.56. The Morgan fingerprint density at radius 2 is 2.09 bits per heavy atom. The van der Waals surface area contributed by atoms with Crippen molar-refractivity contribution < 1.29 is 19.1 Å². The minimum atomic E-state index is -0.839. The van der Waals surface area contributed by atoms with Crippen LogP contribution < -0.4 is 5.32 Å². The molecule has 1 heterocycles. The summed E-state index contributed by atoms with van der Waals surface area (Å²) in [7, 11) is 1.26. The van der Waals surface area contributed by atoms with Gasteiger partial charge in [0.25, 0.3) is 0 Å². The molecule has 0 bridgehead atoms. The van der Waals surface area contributed by atoms with Gasteiger partial charge in [-0.05, 0) is 5.56 Å². The van der Waals surface area contributed by atoms with E-state index in [0.29, 0.717) is 5.69 Å². The molecule has 0 radical (unpaired) electrons. The summed E-state index contributed by atoms with van der Waals surface area (Å²) in [4.78, 5) is 30.3. The van der Waals surface area contributed by atoms with Gasteiger partial charge in [0.1, 0.15) is 12.6 Å². The van der Waals surface area contributed by atoms with E-state index in [2.05, 4.69) is 20.0 Å². The first-order chi connectivity index (χ1) is 10.7. The van der Waals surface area contributed by atoms with Crippen LogP contribution in [0.5, 0.6) is 0 Å². The molecule has 1 amide bonds. The third-order valence-corrected chi connectivity index (χ3v) is 2.97. The summed E-state index contributed by atoms with van der Waals surface area (Å²) in [5.74, 6) is -0.550. The van der Waals surface area contributed by atoms with Crippen LogP contribution in [-0.4, -0.2) is 35.2 Å². The SMILES string of the molecule is COC(=O)C(Cc1cnc[nH]1)NC(=O)OCc1ccccc1. The van der Waals surface area contributed by atoms with E-state index in [1.165, 1.54) is 13.4 Å². The molecule has 2 N–H and O–H groups in total. The number of imidazole rings is 1. The predicted molar refractivity (Wildman–Crippen MR) is 77.9 cm³/mol. The molecule has 7 heteroatoms. The molecule has 0 saturated heterocycles. The molecule has 7 nitrogen and oxygen atoms in total. The third kappa shape index (κ3) is 4.62. The third-order valence-electron chi connectivity index (χ3n) is 2.97. The number of aromatic nitrogens is 2. The molecule has 1 aromatic heterocycles. The quantitative estimate of drug-likeness (QED) is 0.787. The molecular weight excluding hydrogens is 286 g/mol. The number of aromatic amines is 1. The lowest BCUT2D eigenvalue weighted by atomic mass is 10.2. The van der Waals surface area contributed by atoms with E-state index in [1.54, 1.807) is 6.20 Å². The number of hydrogen-bond acceptors (Lipinski definition) is 5. The van der Waals surface area contributed by atoms with Gasteiger partial charge < -0.3 is 19.8 Å². The van der Waals surface area contributed by atoms with E-state index < -0.39 is 18.1 Å². The minimum absolute atomic E-state index is 0.130. The first-order valence-electron chi connectivity index (χ1n) is 6.71. The van der Waals surface area contributed by atoms with E-state index in [9.17, 15) is 9.59 Å². The van der Waals surface area contributed by atoms with Gasteiger partial charge in [0, 0.05) is 18.3 Å². The normalized spacial score (nSPS) is 11.5. The van der Waals surface area contributed by atoms with Crippen molar-refractivity contribution in [1.82, 2.24) is 15.3 Å². The summed E-state index contributed by atoms with van der Waals surface area (Å²) in [6.07, 6.45) is 2.64. The molecule has 0 aliphatic heterocycles. The standard InChI is InChI=1S/C15H17N3O4/c1-21-14(19)13(7-12-8-16-10-17-12)18-15(20)22-9-11-5-3-2-4-6-11/h2-6,8,10,13H,7,9H2,1H3,(H,16,17)(H,18,20). The van der Waals surface area contributed by atoms with Crippen LogP contribution in [0.1, 0.15) is 11.3 Å².